The monoisotopic (exact) mass is 459 g/mol. The highest BCUT2D eigenvalue weighted by molar-refractivity contribution is 7.90. The minimum absolute atomic E-state index is 0.0192. The van der Waals surface area contributed by atoms with Gasteiger partial charge in [0, 0.05) is 24.6 Å². The van der Waals surface area contributed by atoms with Gasteiger partial charge in [0.15, 0.2) is 9.84 Å². The van der Waals surface area contributed by atoms with Crippen LogP contribution in [0, 0.1) is 0 Å². The Hall–Kier alpha value is -3.11. The number of sulfone groups is 1. The number of fused-ring (bicyclic) bond motifs is 2. The molecule has 0 saturated carbocycles. The highest BCUT2D eigenvalue weighted by atomic mass is 32.2. The topological polar surface area (TPSA) is 123 Å². The molecular weight excluding hydrogens is 434 g/mol. The van der Waals surface area contributed by atoms with Crippen LogP contribution in [0.4, 0.5) is 11.4 Å². The number of anilines is 2. The predicted octanol–water partition coefficient (Wildman–Crippen LogP) is 1.31. The Kier molecular flexibility index (Phi) is 5.83. The van der Waals surface area contributed by atoms with Gasteiger partial charge in [0.2, 0.25) is 11.8 Å². The van der Waals surface area contributed by atoms with Gasteiger partial charge in [-0.2, -0.15) is 0 Å². The number of ether oxygens (including phenoxy) is 2. The number of carbonyl (C=O) groups is 2. The summed E-state index contributed by atoms with van der Waals surface area (Å²) in [6.07, 6.45) is 1.49. The van der Waals surface area contributed by atoms with Crippen LogP contribution in [-0.2, 0) is 24.8 Å². The van der Waals surface area contributed by atoms with Crippen molar-refractivity contribution in [3.05, 3.63) is 48.0 Å². The number of amides is 2. The maximum absolute atomic E-state index is 13.0. The second-order valence-electron chi connectivity index (χ2n) is 8.05. The molecule has 0 bridgehead atoms. The van der Waals surface area contributed by atoms with E-state index in [0.29, 0.717) is 30.2 Å². The fourth-order valence-electron chi connectivity index (χ4n) is 4.12. The lowest BCUT2D eigenvalue weighted by atomic mass is 9.79. The fourth-order valence-corrected chi connectivity index (χ4v) is 4.51. The van der Waals surface area contributed by atoms with Crippen molar-refractivity contribution in [2.24, 2.45) is 0 Å². The van der Waals surface area contributed by atoms with Gasteiger partial charge in [-0.1, -0.05) is 18.2 Å². The van der Waals surface area contributed by atoms with Gasteiger partial charge in [0.1, 0.15) is 18.1 Å². The van der Waals surface area contributed by atoms with E-state index in [1.165, 1.54) is 7.11 Å². The second kappa shape index (κ2) is 8.44. The second-order valence-corrected chi connectivity index (χ2v) is 10.3. The number of nitrogens with one attached hydrogen (secondary N) is 3. The standard InChI is InChI=1S/C22H25N3O6S/c1-30-19-11-14(31-9-10-32(2,28)29)7-8-17(19)24-20(26)18-12-22(13-23-18)15-5-3-4-6-16(15)25-21(22)27/h3-8,11,18,23H,9-10,12-13H2,1-2H3,(H,24,26)(H,25,27). The summed E-state index contributed by atoms with van der Waals surface area (Å²) in [7, 11) is -1.66. The minimum atomic E-state index is -3.12. The van der Waals surface area contributed by atoms with Crippen molar-refractivity contribution < 1.29 is 27.5 Å². The summed E-state index contributed by atoms with van der Waals surface area (Å²) in [6.45, 7) is 0.392. The number of para-hydroxylation sites is 1. The average molecular weight is 460 g/mol. The van der Waals surface area contributed by atoms with Crippen molar-refractivity contribution in [2.45, 2.75) is 17.9 Å². The van der Waals surface area contributed by atoms with E-state index in [-0.39, 0.29) is 24.2 Å². The van der Waals surface area contributed by atoms with E-state index >= 15 is 0 Å². The third-order valence-electron chi connectivity index (χ3n) is 5.80. The Bertz CT molecular complexity index is 1170. The van der Waals surface area contributed by atoms with Crippen LogP contribution in [0.1, 0.15) is 12.0 Å². The average Bonchev–Trinajstić information content (AvgIpc) is 3.31. The molecule has 1 spiro atoms. The first-order valence-corrected chi connectivity index (χ1v) is 12.2. The molecule has 4 rings (SSSR count). The van der Waals surface area contributed by atoms with E-state index in [9.17, 15) is 18.0 Å². The van der Waals surface area contributed by atoms with E-state index < -0.39 is 21.3 Å². The Morgan fingerprint density at radius 2 is 2.03 bits per heavy atom. The fraction of sp³-hybridized carbons (Fsp3) is 0.364. The first kappa shape index (κ1) is 22.1. The summed E-state index contributed by atoms with van der Waals surface area (Å²) in [4.78, 5) is 25.7. The highest BCUT2D eigenvalue weighted by Crippen LogP contribution is 2.43. The lowest BCUT2D eigenvalue weighted by Crippen LogP contribution is -2.36. The van der Waals surface area contributed by atoms with Crippen LogP contribution in [0.5, 0.6) is 11.5 Å². The molecule has 170 valence electrons. The van der Waals surface area contributed by atoms with Gasteiger partial charge in [-0.3, -0.25) is 9.59 Å². The maximum atomic E-state index is 13.0. The number of rotatable bonds is 7. The number of methoxy groups -OCH3 is 1. The summed E-state index contributed by atoms with van der Waals surface area (Å²) in [5, 5.41) is 8.93. The van der Waals surface area contributed by atoms with Gasteiger partial charge in [0.25, 0.3) is 0 Å². The van der Waals surface area contributed by atoms with Gasteiger partial charge in [-0.05, 0) is 30.2 Å². The minimum Gasteiger partial charge on any atom is -0.494 e. The zero-order valence-electron chi connectivity index (χ0n) is 17.8. The number of carbonyl (C=O) groups excluding carboxylic acids is 2. The van der Waals surface area contributed by atoms with Gasteiger partial charge in [-0.25, -0.2) is 8.42 Å². The van der Waals surface area contributed by atoms with Crippen molar-refractivity contribution in [2.75, 3.05) is 42.9 Å². The van der Waals surface area contributed by atoms with Gasteiger partial charge in [0.05, 0.1) is 30.0 Å². The number of benzene rings is 2. The van der Waals surface area contributed by atoms with E-state index in [4.69, 9.17) is 9.47 Å². The largest absolute Gasteiger partial charge is 0.494 e. The molecule has 2 aromatic carbocycles. The van der Waals surface area contributed by atoms with Crippen molar-refractivity contribution >= 4 is 33.0 Å². The van der Waals surface area contributed by atoms with Crippen LogP contribution in [0.2, 0.25) is 0 Å². The molecule has 2 unspecified atom stereocenters. The molecule has 2 atom stereocenters. The zero-order chi connectivity index (χ0) is 22.9. The molecule has 1 fully saturated rings. The molecule has 0 radical (unpaired) electrons. The smallest absolute Gasteiger partial charge is 0.241 e. The molecule has 32 heavy (non-hydrogen) atoms. The van der Waals surface area contributed by atoms with Crippen LogP contribution in [0.25, 0.3) is 0 Å². The number of hydrogen-bond donors (Lipinski definition) is 3. The van der Waals surface area contributed by atoms with E-state index in [1.54, 1.807) is 18.2 Å². The van der Waals surface area contributed by atoms with Crippen LogP contribution in [-0.4, -0.2) is 58.5 Å². The molecule has 2 amide bonds. The van der Waals surface area contributed by atoms with Gasteiger partial charge in [-0.15, -0.1) is 0 Å². The summed E-state index contributed by atoms with van der Waals surface area (Å²) >= 11 is 0. The van der Waals surface area contributed by atoms with Gasteiger partial charge < -0.3 is 25.4 Å². The molecule has 2 aliphatic heterocycles. The van der Waals surface area contributed by atoms with Crippen LogP contribution in [0.3, 0.4) is 0 Å². The van der Waals surface area contributed by atoms with Crippen LogP contribution < -0.4 is 25.4 Å². The van der Waals surface area contributed by atoms with Crippen LogP contribution >= 0.6 is 0 Å². The normalized spacial score (nSPS) is 21.8. The number of hydrogen-bond acceptors (Lipinski definition) is 7. The predicted molar refractivity (Wildman–Crippen MR) is 120 cm³/mol. The van der Waals surface area contributed by atoms with Crippen molar-refractivity contribution in [1.29, 1.82) is 0 Å². The van der Waals surface area contributed by atoms with Crippen molar-refractivity contribution in [3.8, 4) is 11.5 Å². The highest BCUT2D eigenvalue weighted by Gasteiger charge is 2.52. The molecule has 0 aromatic heterocycles. The van der Waals surface area contributed by atoms with E-state index in [1.807, 2.05) is 24.3 Å². The Morgan fingerprint density at radius 1 is 1.25 bits per heavy atom. The Labute approximate surface area is 186 Å². The Balaban J connectivity index is 1.44. The molecular formula is C22H25N3O6S. The quantitative estimate of drug-likeness (QED) is 0.570. The summed E-state index contributed by atoms with van der Waals surface area (Å²) in [6, 6.07) is 11.8. The SMILES string of the molecule is COc1cc(OCCS(C)(=O)=O)ccc1NC(=O)C1CC2(CN1)C(=O)Nc1ccccc12. The molecule has 2 aliphatic rings. The lowest BCUT2D eigenvalue weighted by Gasteiger charge is -2.20. The van der Waals surface area contributed by atoms with Crippen molar-refractivity contribution in [3.63, 3.8) is 0 Å². The van der Waals surface area contributed by atoms with Gasteiger partial charge >= 0.3 is 0 Å². The summed E-state index contributed by atoms with van der Waals surface area (Å²) in [5.74, 6) is 0.338. The van der Waals surface area contributed by atoms with Crippen molar-refractivity contribution in [1.82, 2.24) is 5.32 Å². The lowest BCUT2D eigenvalue weighted by molar-refractivity contribution is -0.120. The molecule has 0 aliphatic carbocycles. The third kappa shape index (κ3) is 4.28. The summed E-state index contributed by atoms with van der Waals surface area (Å²) < 4.78 is 33.3. The first-order valence-electron chi connectivity index (χ1n) is 10.2. The van der Waals surface area contributed by atoms with E-state index in [2.05, 4.69) is 16.0 Å². The van der Waals surface area contributed by atoms with Crippen LogP contribution in [0.15, 0.2) is 42.5 Å². The Morgan fingerprint density at radius 3 is 2.78 bits per heavy atom. The van der Waals surface area contributed by atoms with E-state index in [0.717, 1.165) is 17.5 Å². The molecule has 9 nitrogen and oxygen atoms in total. The molecule has 3 N–H and O–H groups in total. The first-order chi connectivity index (χ1) is 15.2. The molecule has 10 heteroatoms. The molecule has 2 aromatic rings. The zero-order valence-corrected chi connectivity index (χ0v) is 18.6. The summed E-state index contributed by atoms with van der Waals surface area (Å²) in [5.41, 5.74) is 1.38. The maximum Gasteiger partial charge on any atom is 0.241 e. The molecule has 1 saturated heterocycles. The molecule has 2 heterocycles. The third-order valence-corrected chi connectivity index (χ3v) is 6.71.